The zero-order valence-corrected chi connectivity index (χ0v) is 16.3. The van der Waals surface area contributed by atoms with Gasteiger partial charge < -0.3 is 5.32 Å². The van der Waals surface area contributed by atoms with Crippen LogP contribution in [0.15, 0.2) is 35.4 Å². The van der Waals surface area contributed by atoms with Gasteiger partial charge in [-0.3, -0.25) is 0 Å². The van der Waals surface area contributed by atoms with Crippen LogP contribution in [0, 0.1) is 0 Å². The second-order valence-electron chi connectivity index (χ2n) is 6.08. The summed E-state index contributed by atoms with van der Waals surface area (Å²) in [4.78, 5) is 4.15. The van der Waals surface area contributed by atoms with Crippen LogP contribution in [0.4, 0.5) is 0 Å². The van der Waals surface area contributed by atoms with Crippen molar-refractivity contribution >= 4 is 32.4 Å². The molecule has 2 N–H and O–H groups in total. The summed E-state index contributed by atoms with van der Waals surface area (Å²) in [5.41, 5.74) is 0. The summed E-state index contributed by atoms with van der Waals surface area (Å²) in [7, 11) is -1.42. The fourth-order valence-electron chi connectivity index (χ4n) is 3.04. The molecule has 1 heterocycles. The minimum absolute atomic E-state index is 0.223. The maximum Gasteiger partial charge on any atom is 0.241 e. The first-order valence-electron chi connectivity index (χ1n) is 8.69. The number of fused-ring (bicyclic) bond motifs is 1. The third kappa shape index (κ3) is 5.38. The smallest absolute Gasteiger partial charge is 0.241 e. The molecule has 3 rings (SSSR count). The molecule has 1 aliphatic rings. The van der Waals surface area contributed by atoms with E-state index >= 15 is 0 Å². The van der Waals surface area contributed by atoms with Crippen molar-refractivity contribution < 1.29 is 8.42 Å². The summed E-state index contributed by atoms with van der Waals surface area (Å²) < 4.78 is 26.4. The lowest BCUT2D eigenvalue weighted by atomic mass is 9.96. The zero-order valence-electron chi connectivity index (χ0n) is 14.8. The monoisotopic (exact) mass is 383 g/mol. The topological polar surface area (TPSA) is 71.1 Å². The van der Waals surface area contributed by atoms with Crippen molar-refractivity contribution in [2.75, 3.05) is 13.6 Å². The normalized spacial score (nSPS) is 15.6. The number of hydrogen-bond donors (Lipinski definition) is 2. The van der Waals surface area contributed by atoms with Crippen LogP contribution in [0.25, 0.3) is 10.8 Å². The van der Waals surface area contributed by atoms with Gasteiger partial charge in [-0.05, 0) is 32.0 Å². The fraction of sp³-hybridized carbons (Fsp3) is 0.500. The first kappa shape index (κ1) is 20.1. The highest BCUT2D eigenvalue weighted by molar-refractivity contribution is 7.89. The predicted octanol–water partition coefficient (Wildman–Crippen LogP) is 3.72. The van der Waals surface area contributed by atoms with Crippen LogP contribution in [0.2, 0.25) is 5.15 Å². The Bertz CT molecular complexity index is 790. The van der Waals surface area contributed by atoms with Gasteiger partial charge in [0.05, 0.1) is 4.90 Å². The largest absolute Gasteiger partial charge is 0.317 e. The molecule has 1 aromatic carbocycles. The number of pyridine rings is 1. The van der Waals surface area contributed by atoms with Crippen molar-refractivity contribution in [3.8, 4) is 0 Å². The van der Waals surface area contributed by atoms with Crippen LogP contribution in [0.3, 0.4) is 0 Å². The minimum atomic E-state index is -3.49. The molecular formula is C18H26ClN3O2S. The van der Waals surface area contributed by atoms with E-state index < -0.39 is 10.0 Å². The number of aromatic nitrogens is 1. The summed E-state index contributed by atoms with van der Waals surface area (Å²) in [5, 5.41) is 4.82. The van der Waals surface area contributed by atoms with Crippen molar-refractivity contribution in [1.29, 1.82) is 0 Å². The standard InChI is InChI=1S/C11H11ClN2O2S.C7H15N/c1-2-14-17(15,16)10-5-3-4-9-8(10)6-7-13-11(9)12;1-8-7-5-3-2-4-6-7/h3-7,14H,2H2,1H3;7-8H,2-6H2,1H3. The highest BCUT2D eigenvalue weighted by Gasteiger charge is 2.16. The molecule has 7 heteroatoms. The fourth-order valence-corrected chi connectivity index (χ4v) is 4.52. The van der Waals surface area contributed by atoms with Crippen LogP contribution >= 0.6 is 11.6 Å². The maximum atomic E-state index is 12.0. The Morgan fingerprint density at radius 1 is 1.16 bits per heavy atom. The second kappa shape index (κ2) is 9.48. The van der Waals surface area contributed by atoms with Gasteiger partial charge in [0.2, 0.25) is 10.0 Å². The molecule has 1 fully saturated rings. The molecular weight excluding hydrogens is 358 g/mol. The van der Waals surface area contributed by atoms with E-state index in [1.54, 1.807) is 31.2 Å². The molecule has 0 radical (unpaired) electrons. The Balaban J connectivity index is 0.000000236. The van der Waals surface area contributed by atoms with Gasteiger partial charge in [-0.2, -0.15) is 0 Å². The molecule has 0 atom stereocenters. The molecule has 1 aromatic heterocycles. The number of benzene rings is 1. The summed E-state index contributed by atoms with van der Waals surface area (Å²) in [6.07, 6.45) is 8.62. The molecule has 0 spiro atoms. The zero-order chi connectivity index (χ0) is 18.3. The molecule has 2 aromatic rings. The van der Waals surface area contributed by atoms with Gasteiger partial charge in [0.1, 0.15) is 5.15 Å². The lowest BCUT2D eigenvalue weighted by Gasteiger charge is -2.20. The van der Waals surface area contributed by atoms with Crippen molar-refractivity contribution in [1.82, 2.24) is 15.0 Å². The molecule has 0 unspecified atom stereocenters. The molecule has 0 aliphatic heterocycles. The lowest BCUT2D eigenvalue weighted by molar-refractivity contribution is 0.394. The van der Waals surface area contributed by atoms with Crippen LogP contribution in [-0.4, -0.2) is 33.0 Å². The molecule has 1 saturated carbocycles. The lowest BCUT2D eigenvalue weighted by Crippen LogP contribution is -2.26. The van der Waals surface area contributed by atoms with Crippen LogP contribution in [-0.2, 0) is 10.0 Å². The summed E-state index contributed by atoms with van der Waals surface area (Å²) in [5.74, 6) is 0. The van der Waals surface area contributed by atoms with E-state index in [4.69, 9.17) is 11.6 Å². The SMILES string of the molecule is CCNS(=O)(=O)c1cccc2c(Cl)nccc12.CNC1CCCCC1. The Morgan fingerprint density at radius 3 is 2.48 bits per heavy atom. The highest BCUT2D eigenvalue weighted by Crippen LogP contribution is 2.26. The molecule has 138 valence electrons. The first-order valence-corrected chi connectivity index (χ1v) is 10.6. The van der Waals surface area contributed by atoms with Gasteiger partial charge in [-0.25, -0.2) is 18.1 Å². The number of nitrogens with one attached hydrogen (secondary N) is 2. The van der Waals surface area contributed by atoms with Gasteiger partial charge in [-0.1, -0.05) is 49.9 Å². The van der Waals surface area contributed by atoms with E-state index in [0.717, 1.165) is 6.04 Å². The van der Waals surface area contributed by atoms with Crippen molar-refractivity contribution in [2.45, 2.75) is 50.0 Å². The molecule has 25 heavy (non-hydrogen) atoms. The number of sulfonamides is 1. The maximum absolute atomic E-state index is 12.0. The van der Waals surface area contributed by atoms with Gasteiger partial charge in [-0.15, -0.1) is 0 Å². The van der Waals surface area contributed by atoms with Crippen molar-refractivity contribution in [3.05, 3.63) is 35.6 Å². The molecule has 1 aliphatic carbocycles. The van der Waals surface area contributed by atoms with Crippen LogP contribution < -0.4 is 10.0 Å². The first-order chi connectivity index (χ1) is 12.0. The van der Waals surface area contributed by atoms with E-state index in [2.05, 4.69) is 22.1 Å². The van der Waals surface area contributed by atoms with E-state index in [1.807, 2.05) is 0 Å². The van der Waals surface area contributed by atoms with E-state index in [0.29, 0.717) is 22.5 Å². The van der Waals surface area contributed by atoms with Gasteiger partial charge in [0.15, 0.2) is 0 Å². The summed E-state index contributed by atoms with van der Waals surface area (Å²) in [6, 6.07) is 7.43. The Kier molecular flexibility index (Phi) is 7.62. The third-order valence-electron chi connectivity index (χ3n) is 4.35. The predicted molar refractivity (Wildman–Crippen MR) is 104 cm³/mol. The Hall–Kier alpha value is -1.21. The van der Waals surface area contributed by atoms with Gasteiger partial charge in [0, 0.05) is 29.6 Å². The molecule has 5 nitrogen and oxygen atoms in total. The quantitative estimate of drug-likeness (QED) is 0.789. The van der Waals surface area contributed by atoms with Crippen LogP contribution in [0.5, 0.6) is 0 Å². The number of halogens is 1. The average Bonchev–Trinajstić information content (AvgIpc) is 2.63. The molecule has 0 saturated heterocycles. The molecule has 0 amide bonds. The van der Waals surface area contributed by atoms with Gasteiger partial charge >= 0.3 is 0 Å². The Morgan fingerprint density at radius 2 is 1.88 bits per heavy atom. The highest BCUT2D eigenvalue weighted by atomic mass is 35.5. The summed E-state index contributed by atoms with van der Waals surface area (Å²) >= 11 is 5.93. The Labute approximate surface area is 155 Å². The second-order valence-corrected chi connectivity index (χ2v) is 8.17. The van der Waals surface area contributed by atoms with E-state index in [1.165, 1.54) is 38.3 Å². The van der Waals surface area contributed by atoms with Crippen molar-refractivity contribution in [2.24, 2.45) is 0 Å². The van der Waals surface area contributed by atoms with Gasteiger partial charge in [0.25, 0.3) is 0 Å². The van der Waals surface area contributed by atoms with E-state index in [9.17, 15) is 8.42 Å². The average molecular weight is 384 g/mol. The van der Waals surface area contributed by atoms with Crippen LogP contribution in [0.1, 0.15) is 39.0 Å². The summed E-state index contributed by atoms with van der Waals surface area (Å²) in [6.45, 7) is 2.08. The number of nitrogens with zero attached hydrogens (tertiary/aromatic N) is 1. The number of hydrogen-bond acceptors (Lipinski definition) is 4. The van der Waals surface area contributed by atoms with E-state index in [-0.39, 0.29) is 4.90 Å². The minimum Gasteiger partial charge on any atom is -0.317 e. The number of rotatable bonds is 4. The third-order valence-corrected chi connectivity index (χ3v) is 6.26. The molecule has 0 bridgehead atoms. The van der Waals surface area contributed by atoms with Crippen molar-refractivity contribution in [3.63, 3.8) is 0 Å².